The predicted octanol–water partition coefficient (Wildman–Crippen LogP) is 0.289. The monoisotopic (exact) mass is 236 g/mol. The van der Waals surface area contributed by atoms with E-state index in [2.05, 4.69) is 25.5 Å². The van der Waals surface area contributed by atoms with Crippen molar-refractivity contribution in [1.82, 2.24) is 15.3 Å². The van der Waals surface area contributed by atoms with Crippen LogP contribution in [0.5, 0.6) is 0 Å². The molecule has 0 saturated carbocycles. The van der Waals surface area contributed by atoms with E-state index < -0.39 is 0 Å². The summed E-state index contributed by atoms with van der Waals surface area (Å²) in [6.07, 6.45) is 2.39. The zero-order valence-electron chi connectivity index (χ0n) is 10.4. The molecular weight excluding hydrogens is 216 g/mol. The minimum atomic E-state index is 0.318. The SMILES string of the molecule is CNc1cc(N2CCCC(NC)C2)nc(N)n1. The molecule has 0 aromatic carbocycles. The van der Waals surface area contributed by atoms with Crippen molar-refractivity contribution in [3.8, 4) is 0 Å². The molecule has 2 rings (SSSR count). The number of nitrogens with two attached hydrogens (primary N) is 1. The van der Waals surface area contributed by atoms with Crippen LogP contribution in [0.4, 0.5) is 17.6 Å². The number of likely N-dealkylation sites (N-methyl/N-ethyl adjacent to an activating group) is 1. The van der Waals surface area contributed by atoms with Gasteiger partial charge in [-0.15, -0.1) is 0 Å². The Labute approximate surface area is 102 Å². The smallest absolute Gasteiger partial charge is 0.223 e. The van der Waals surface area contributed by atoms with Crippen LogP contribution < -0.4 is 21.3 Å². The summed E-state index contributed by atoms with van der Waals surface area (Å²) in [4.78, 5) is 10.7. The van der Waals surface area contributed by atoms with Crippen LogP contribution in [0.25, 0.3) is 0 Å². The van der Waals surface area contributed by atoms with Gasteiger partial charge >= 0.3 is 0 Å². The van der Waals surface area contributed by atoms with E-state index in [0.29, 0.717) is 12.0 Å². The van der Waals surface area contributed by atoms with Crippen LogP contribution >= 0.6 is 0 Å². The fraction of sp³-hybridized carbons (Fsp3) is 0.636. The third-order valence-electron chi connectivity index (χ3n) is 3.14. The fourth-order valence-electron chi connectivity index (χ4n) is 2.16. The number of hydrogen-bond acceptors (Lipinski definition) is 6. The van der Waals surface area contributed by atoms with Gasteiger partial charge in [-0.25, -0.2) is 0 Å². The number of nitrogens with zero attached hydrogens (tertiary/aromatic N) is 3. The first kappa shape index (κ1) is 11.9. The molecule has 1 aromatic heterocycles. The lowest BCUT2D eigenvalue weighted by atomic mass is 10.1. The second-order valence-corrected chi connectivity index (χ2v) is 4.29. The summed E-state index contributed by atoms with van der Waals surface area (Å²) in [5, 5.41) is 6.31. The van der Waals surface area contributed by atoms with Gasteiger partial charge in [0.25, 0.3) is 0 Å². The lowest BCUT2D eigenvalue weighted by molar-refractivity contribution is 0.447. The van der Waals surface area contributed by atoms with Gasteiger partial charge < -0.3 is 21.3 Å². The van der Waals surface area contributed by atoms with Gasteiger partial charge in [-0.3, -0.25) is 0 Å². The van der Waals surface area contributed by atoms with Crippen molar-refractivity contribution in [2.75, 3.05) is 43.1 Å². The molecule has 0 amide bonds. The molecule has 1 fully saturated rings. The summed E-state index contributed by atoms with van der Waals surface area (Å²) >= 11 is 0. The molecule has 2 heterocycles. The first-order chi connectivity index (χ1) is 8.22. The number of nitrogens with one attached hydrogen (secondary N) is 2. The highest BCUT2D eigenvalue weighted by Crippen LogP contribution is 2.20. The Kier molecular flexibility index (Phi) is 3.63. The van der Waals surface area contributed by atoms with Gasteiger partial charge in [0.2, 0.25) is 5.95 Å². The molecule has 1 aliphatic rings. The number of nitrogen functional groups attached to an aromatic ring is 1. The summed E-state index contributed by atoms with van der Waals surface area (Å²) in [5.74, 6) is 1.99. The molecule has 17 heavy (non-hydrogen) atoms. The Hall–Kier alpha value is -1.56. The van der Waals surface area contributed by atoms with E-state index in [4.69, 9.17) is 5.73 Å². The number of piperidine rings is 1. The van der Waals surface area contributed by atoms with Crippen molar-refractivity contribution in [3.63, 3.8) is 0 Å². The molecule has 1 saturated heterocycles. The van der Waals surface area contributed by atoms with Crippen molar-refractivity contribution in [2.24, 2.45) is 0 Å². The average molecular weight is 236 g/mol. The highest BCUT2D eigenvalue weighted by molar-refractivity contribution is 5.52. The fourth-order valence-corrected chi connectivity index (χ4v) is 2.16. The van der Waals surface area contributed by atoms with E-state index in [1.165, 1.54) is 12.8 Å². The molecule has 0 aliphatic carbocycles. The average Bonchev–Trinajstić information content (AvgIpc) is 2.38. The Balaban J connectivity index is 2.18. The Morgan fingerprint density at radius 1 is 1.41 bits per heavy atom. The normalized spacial score (nSPS) is 20.4. The van der Waals surface area contributed by atoms with Crippen LogP contribution in [-0.2, 0) is 0 Å². The van der Waals surface area contributed by atoms with E-state index >= 15 is 0 Å². The molecular formula is C11H20N6. The second kappa shape index (κ2) is 5.18. The van der Waals surface area contributed by atoms with Gasteiger partial charge in [0.1, 0.15) is 11.6 Å². The van der Waals surface area contributed by atoms with Crippen LogP contribution in [0.15, 0.2) is 6.07 Å². The van der Waals surface area contributed by atoms with Crippen LogP contribution in [-0.4, -0.2) is 43.2 Å². The molecule has 0 radical (unpaired) electrons. The van der Waals surface area contributed by atoms with Gasteiger partial charge in [-0.05, 0) is 19.9 Å². The molecule has 0 bridgehead atoms. The van der Waals surface area contributed by atoms with Crippen LogP contribution in [0.3, 0.4) is 0 Å². The molecule has 94 valence electrons. The summed E-state index contributed by atoms with van der Waals surface area (Å²) in [6, 6.07) is 2.46. The maximum Gasteiger partial charge on any atom is 0.223 e. The third kappa shape index (κ3) is 2.76. The largest absolute Gasteiger partial charge is 0.373 e. The first-order valence-electron chi connectivity index (χ1n) is 5.97. The third-order valence-corrected chi connectivity index (χ3v) is 3.14. The quantitative estimate of drug-likeness (QED) is 0.700. The van der Waals surface area contributed by atoms with E-state index in [1.54, 1.807) is 0 Å². The van der Waals surface area contributed by atoms with E-state index in [-0.39, 0.29) is 0 Å². The van der Waals surface area contributed by atoms with Gasteiger partial charge in [-0.2, -0.15) is 9.97 Å². The zero-order chi connectivity index (χ0) is 12.3. The van der Waals surface area contributed by atoms with E-state index in [0.717, 1.165) is 24.7 Å². The Bertz CT molecular complexity index is 380. The van der Waals surface area contributed by atoms with Crippen molar-refractivity contribution < 1.29 is 0 Å². The minimum absolute atomic E-state index is 0.318. The number of anilines is 3. The molecule has 0 spiro atoms. The summed E-state index contributed by atoms with van der Waals surface area (Å²) < 4.78 is 0. The number of rotatable bonds is 3. The topological polar surface area (TPSA) is 79.1 Å². The van der Waals surface area contributed by atoms with E-state index in [9.17, 15) is 0 Å². The molecule has 4 N–H and O–H groups in total. The molecule has 1 aromatic rings. The first-order valence-corrected chi connectivity index (χ1v) is 5.97. The van der Waals surface area contributed by atoms with Crippen molar-refractivity contribution in [2.45, 2.75) is 18.9 Å². The zero-order valence-corrected chi connectivity index (χ0v) is 10.4. The maximum atomic E-state index is 5.70. The minimum Gasteiger partial charge on any atom is -0.373 e. The highest BCUT2D eigenvalue weighted by Gasteiger charge is 2.20. The predicted molar refractivity (Wildman–Crippen MR) is 70.3 cm³/mol. The van der Waals surface area contributed by atoms with Crippen molar-refractivity contribution in [1.29, 1.82) is 0 Å². The van der Waals surface area contributed by atoms with E-state index in [1.807, 2.05) is 20.2 Å². The lowest BCUT2D eigenvalue weighted by Gasteiger charge is -2.33. The van der Waals surface area contributed by atoms with Crippen LogP contribution in [0.1, 0.15) is 12.8 Å². The second-order valence-electron chi connectivity index (χ2n) is 4.29. The molecule has 6 nitrogen and oxygen atoms in total. The molecule has 1 aliphatic heterocycles. The van der Waals surface area contributed by atoms with Crippen molar-refractivity contribution in [3.05, 3.63) is 6.07 Å². The summed E-state index contributed by atoms with van der Waals surface area (Å²) in [7, 11) is 3.83. The standard InChI is InChI=1S/C11H20N6/c1-13-8-4-3-5-17(7-8)10-6-9(14-2)15-11(12)16-10/h6,8,13H,3-5,7H2,1-2H3,(H3,12,14,15,16). The Morgan fingerprint density at radius 2 is 2.24 bits per heavy atom. The number of aromatic nitrogens is 2. The van der Waals surface area contributed by atoms with Gasteiger partial charge in [0.15, 0.2) is 0 Å². The van der Waals surface area contributed by atoms with Crippen molar-refractivity contribution >= 4 is 17.6 Å². The molecule has 6 heteroatoms. The highest BCUT2D eigenvalue weighted by atomic mass is 15.2. The van der Waals surface area contributed by atoms with Gasteiger partial charge in [0.05, 0.1) is 0 Å². The number of hydrogen-bond donors (Lipinski definition) is 3. The van der Waals surface area contributed by atoms with Gasteiger partial charge in [0, 0.05) is 32.2 Å². The maximum absolute atomic E-state index is 5.70. The summed E-state index contributed by atoms with van der Waals surface area (Å²) in [6.45, 7) is 1.99. The Morgan fingerprint density at radius 3 is 2.94 bits per heavy atom. The molecule has 1 unspecified atom stereocenters. The lowest BCUT2D eigenvalue weighted by Crippen LogP contribution is -2.44. The van der Waals surface area contributed by atoms with Crippen LogP contribution in [0, 0.1) is 0 Å². The summed E-state index contributed by atoms with van der Waals surface area (Å²) in [5.41, 5.74) is 5.70. The molecule has 1 atom stereocenters. The van der Waals surface area contributed by atoms with Crippen LogP contribution in [0.2, 0.25) is 0 Å². The van der Waals surface area contributed by atoms with Gasteiger partial charge in [-0.1, -0.05) is 0 Å².